The molecule has 0 spiro atoms. The maximum Gasteiger partial charge on any atom is 0.252 e. The van der Waals surface area contributed by atoms with E-state index in [1.807, 2.05) is 0 Å². The topological polar surface area (TPSA) is 38.3 Å². The van der Waals surface area contributed by atoms with Gasteiger partial charge in [0.15, 0.2) is 0 Å². The fraction of sp³-hybridized carbons (Fsp3) is 0.500. The molecule has 0 bridgehead atoms. The van der Waals surface area contributed by atoms with Crippen molar-refractivity contribution < 1.29 is 9.53 Å². The zero-order chi connectivity index (χ0) is 14.2. The zero-order valence-electron chi connectivity index (χ0n) is 11.2. The van der Waals surface area contributed by atoms with E-state index in [0.717, 1.165) is 10.9 Å². The van der Waals surface area contributed by atoms with Crippen LogP contribution >= 0.6 is 27.5 Å². The number of hydrogen-bond acceptors (Lipinski definition) is 2. The molecule has 3 nitrogen and oxygen atoms in total. The molecule has 104 valence electrons. The number of carbonyl (C=O) groups excluding carboxylic acids is 1. The maximum absolute atomic E-state index is 12.3. The molecule has 0 aromatic heterocycles. The fourth-order valence-corrected chi connectivity index (χ4v) is 3.04. The minimum atomic E-state index is -0.109. The smallest absolute Gasteiger partial charge is 0.252 e. The molecule has 1 aliphatic carbocycles. The minimum absolute atomic E-state index is 0.0462. The molecule has 1 fully saturated rings. The molecule has 19 heavy (non-hydrogen) atoms. The van der Waals surface area contributed by atoms with Gasteiger partial charge >= 0.3 is 0 Å². The molecule has 1 amide bonds. The average Bonchev–Trinajstić information content (AvgIpc) is 2.36. The van der Waals surface area contributed by atoms with Gasteiger partial charge < -0.3 is 10.1 Å². The number of amides is 1. The standard InChI is InChI=1S/C14H17BrClNO2/c1-14(2)11(7-12(14)19-3)17-13(18)9-6-8(16)4-5-10(9)15/h4-6,11-12H,7H2,1-3H3,(H,17,18). The molecule has 1 aliphatic rings. The van der Waals surface area contributed by atoms with Gasteiger partial charge in [0, 0.05) is 28.1 Å². The number of hydrogen-bond donors (Lipinski definition) is 1. The van der Waals surface area contributed by atoms with Gasteiger partial charge in [-0.05, 0) is 40.5 Å². The molecule has 1 N–H and O–H groups in total. The second kappa shape index (κ2) is 5.43. The van der Waals surface area contributed by atoms with Gasteiger partial charge in [0.1, 0.15) is 0 Å². The summed E-state index contributed by atoms with van der Waals surface area (Å²) in [5.74, 6) is -0.109. The lowest BCUT2D eigenvalue weighted by molar-refractivity contribution is -0.0942. The summed E-state index contributed by atoms with van der Waals surface area (Å²) in [5, 5.41) is 3.60. The van der Waals surface area contributed by atoms with Gasteiger partial charge in [0.2, 0.25) is 0 Å². The SMILES string of the molecule is COC1CC(NC(=O)c2cc(Cl)ccc2Br)C1(C)C. The molecule has 1 aromatic rings. The van der Waals surface area contributed by atoms with Crippen molar-refractivity contribution in [3.8, 4) is 0 Å². The summed E-state index contributed by atoms with van der Waals surface area (Å²) in [5.41, 5.74) is 0.513. The summed E-state index contributed by atoms with van der Waals surface area (Å²) in [7, 11) is 1.71. The normalized spacial score (nSPS) is 24.7. The summed E-state index contributed by atoms with van der Waals surface area (Å²) < 4.78 is 6.13. The van der Waals surface area contributed by atoms with Crippen molar-refractivity contribution in [3.63, 3.8) is 0 Å². The summed E-state index contributed by atoms with van der Waals surface area (Å²) in [4.78, 5) is 12.3. The fourth-order valence-electron chi connectivity index (χ4n) is 2.44. The molecule has 2 unspecified atom stereocenters. The molecule has 5 heteroatoms. The monoisotopic (exact) mass is 345 g/mol. The van der Waals surface area contributed by atoms with E-state index < -0.39 is 0 Å². The minimum Gasteiger partial charge on any atom is -0.381 e. The third-order valence-electron chi connectivity index (χ3n) is 3.94. The third kappa shape index (κ3) is 2.81. The van der Waals surface area contributed by atoms with Gasteiger partial charge in [0.25, 0.3) is 5.91 Å². The number of ether oxygens (including phenoxy) is 1. The second-order valence-corrected chi connectivity index (χ2v) is 6.72. The Morgan fingerprint density at radius 3 is 2.79 bits per heavy atom. The van der Waals surface area contributed by atoms with Crippen molar-refractivity contribution in [2.45, 2.75) is 32.4 Å². The Bertz CT molecular complexity index is 504. The first kappa shape index (κ1) is 14.8. The Labute approximate surface area is 126 Å². The average molecular weight is 347 g/mol. The number of nitrogens with one attached hydrogen (secondary N) is 1. The van der Waals surface area contributed by atoms with Gasteiger partial charge in [-0.2, -0.15) is 0 Å². The Balaban J connectivity index is 2.09. The van der Waals surface area contributed by atoms with Crippen LogP contribution in [0.5, 0.6) is 0 Å². The van der Waals surface area contributed by atoms with Crippen LogP contribution in [0.2, 0.25) is 5.02 Å². The molecular formula is C14H17BrClNO2. The third-order valence-corrected chi connectivity index (χ3v) is 4.87. The lowest BCUT2D eigenvalue weighted by atomic mass is 9.64. The Kier molecular flexibility index (Phi) is 4.23. The van der Waals surface area contributed by atoms with Crippen molar-refractivity contribution in [2.24, 2.45) is 5.41 Å². The van der Waals surface area contributed by atoms with Crippen molar-refractivity contribution in [1.82, 2.24) is 5.32 Å². The summed E-state index contributed by atoms with van der Waals surface area (Å²) >= 11 is 9.30. The number of methoxy groups -OCH3 is 1. The maximum atomic E-state index is 12.3. The molecule has 0 aliphatic heterocycles. The van der Waals surface area contributed by atoms with Crippen LogP contribution in [0, 0.1) is 5.41 Å². The van der Waals surface area contributed by atoms with E-state index in [1.165, 1.54) is 0 Å². The summed E-state index contributed by atoms with van der Waals surface area (Å²) in [6.07, 6.45) is 1.04. The first-order chi connectivity index (χ1) is 8.86. The number of halogens is 2. The van der Waals surface area contributed by atoms with E-state index in [4.69, 9.17) is 16.3 Å². The van der Waals surface area contributed by atoms with Gasteiger partial charge in [0.05, 0.1) is 11.7 Å². The molecule has 0 radical (unpaired) electrons. The van der Waals surface area contributed by atoms with Crippen LogP contribution in [0.4, 0.5) is 0 Å². The molecule has 2 atom stereocenters. The van der Waals surface area contributed by atoms with Crippen LogP contribution in [-0.2, 0) is 4.74 Å². The summed E-state index contributed by atoms with van der Waals surface area (Å²) in [6, 6.07) is 5.31. The van der Waals surface area contributed by atoms with Gasteiger partial charge in [-0.1, -0.05) is 25.4 Å². The van der Waals surface area contributed by atoms with E-state index in [2.05, 4.69) is 35.1 Å². The van der Waals surface area contributed by atoms with E-state index in [1.54, 1.807) is 25.3 Å². The Hall–Kier alpha value is -0.580. The second-order valence-electron chi connectivity index (χ2n) is 5.43. The first-order valence-electron chi connectivity index (χ1n) is 6.15. The largest absolute Gasteiger partial charge is 0.381 e. The lowest BCUT2D eigenvalue weighted by Crippen LogP contribution is -2.61. The van der Waals surface area contributed by atoms with Crippen LogP contribution in [0.15, 0.2) is 22.7 Å². The number of carbonyl (C=O) groups is 1. The Morgan fingerprint density at radius 2 is 2.21 bits per heavy atom. The van der Waals surface area contributed by atoms with Crippen molar-refractivity contribution in [3.05, 3.63) is 33.3 Å². The van der Waals surface area contributed by atoms with Crippen molar-refractivity contribution >= 4 is 33.4 Å². The molecule has 0 saturated heterocycles. The van der Waals surface area contributed by atoms with Crippen LogP contribution in [0.25, 0.3) is 0 Å². The highest BCUT2D eigenvalue weighted by atomic mass is 79.9. The predicted molar refractivity (Wildman–Crippen MR) is 79.6 cm³/mol. The van der Waals surface area contributed by atoms with E-state index in [9.17, 15) is 4.79 Å². The van der Waals surface area contributed by atoms with E-state index in [-0.39, 0.29) is 23.5 Å². The first-order valence-corrected chi connectivity index (χ1v) is 7.32. The molecule has 1 aromatic carbocycles. The number of benzene rings is 1. The zero-order valence-corrected chi connectivity index (χ0v) is 13.5. The molecule has 1 saturated carbocycles. The highest BCUT2D eigenvalue weighted by Gasteiger charge is 2.49. The van der Waals surface area contributed by atoms with Crippen LogP contribution in [0.1, 0.15) is 30.6 Å². The van der Waals surface area contributed by atoms with Gasteiger partial charge in [-0.3, -0.25) is 4.79 Å². The van der Waals surface area contributed by atoms with Crippen LogP contribution in [0.3, 0.4) is 0 Å². The molecule has 0 heterocycles. The Morgan fingerprint density at radius 1 is 1.53 bits per heavy atom. The van der Waals surface area contributed by atoms with Crippen molar-refractivity contribution in [2.75, 3.05) is 7.11 Å². The molecule has 2 rings (SSSR count). The quantitative estimate of drug-likeness (QED) is 0.907. The van der Waals surface area contributed by atoms with Crippen LogP contribution in [-0.4, -0.2) is 25.2 Å². The van der Waals surface area contributed by atoms with Crippen LogP contribution < -0.4 is 5.32 Å². The highest BCUT2D eigenvalue weighted by Crippen LogP contribution is 2.42. The van der Waals surface area contributed by atoms with Gasteiger partial charge in [-0.15, -0.1) is 0 Å². The lowest BCUT2D eigenvalue weighted by Gasteiger charge is -2.51. The summed E-state index contributed by atoms with van der Waals surface area (Å²) in [6.45, 7) is 4.20. The molecular weight excluding hydrogens is 330 g/mol. The van der Waals surface area contributed by atoms with Gasteiger partial charge in [-0.25, -0.2) is 0 Å². The van der Waals surface area contributed by atoms with E-state index in [0.29, 0.717) is 10.6 Å². The van der Waals surface area contributed by atoms with E-state index >= 15 is 0 Å². The number of rotatable bonds is 3. The van der Waals surface area contributed by atoms with Crippen molar-refractivity contribution in [1.29, 1.82) is 0 Å². The highest BCUT2D eigenvalue weighted by molar-refractivity contribution is 9.10. The predicted octanol–water partition coefficient (Wildman–Crippen LogP) is 3.65.